The van der Waals surface area contributed by atoms with Gasteiger partial charge in [0.05, 0.1) is 5.69 Å². The van der Waals surface area contributed by atoms with Crippen LogP contribution in [-0.4, -0.2) is 22.2 Å². The van der Waals surface area contributed by atoms with Crippen molar-refractivity contribution in [3.63, 3.8) is 0 Å². The topological polar surface area (TPSA) is 72.9 Å². The third-order valence-electron chi connectivity index (χ3n) is 2.57. The molecule has 0 aliphatic rings. The fourth-order valence-corrected chi connectivity index (χ4v) is 1.73. The zero-order valence-electron chi connectivity index (χ0n) is 10.2. The van der Waals surface area contributed by atoms with Crippen molar-refractivity contribution in [3.8, 4) is 0 Å². The van der Waals surface area contributed by atoms with Crippen LogP contribution in [0.1, 0.15) is 37.1 Å². The Hall–Kier alpha value is -1.36. The molecule has 5 nitrogen and oxygen atoms in total. The molecule has 1 aromatic heterocycles. The first-order valence-corrected chi connectivity index (χ1v) is 5.52. The molecule has 90 valence electrons. The molecule has 1 amide bonds. The van der Waals surface area contributed by atoms with E-state index in [2.05, 4.69) is 17.3 Å². The standard InChI is InChI=1S/C11H20N4O/c1-8(13-6-4-5-11(12)16)10-7-15(3)14-9(10)2/h7-8,13H,4-6H2,1-3H3,(H2,12,16). The molecule has 0 radical (unpaired) electrons. The fourth-order valence-electron chi connectivity index (χ4n) is 1.73. The van der Waals surface area contributed by atoms with Gasteiger partial charge in [-0.05, 0) is 26.8 Å². The van der Waals surface area contributed by atoms with E-state index in [0.29, 0.717) is 6.42 Å². The van der Waals surface area contributed by atoms with Crippen LogP contribution in [0.5, 0.6) is 0 Å². The van der Waals surface area contributed by atoms with Crippen molar-refractivity contribution in [2.75, 3.05) is 6.54 Å². The van der Waals surface area contributed by atoms with Crippen molar-refractivity contribution in [2.45, 2.75) is 32.7 Å². The first-order chi connectivity index (χ1) is 7.50. The van der Waals surface area contributed by atoms with Crippen molar-refractivity contribution in [1.29, 1.82) is 0 Å². The summed E-state index contributed by atoms with van der Waals surface area (Å²) in [5.74, 6) is -0.244. The first kappa shape index (κ1) is 12.7. The zero-order valence-corrected chi connectivity index (χ0v) is 10.2. The van der Waals surface area contributed by atoms with Crippen LogP contribution in [0.3, 0.4) is 0 Å². The first-order valence-electron chi connectivity index (χ1n) is 5.52. The van der Waals surface area contributed by atoms with E-state index < -0.39 is 0 Å². The van der Waals surface area contributed by atoms with Crippen molar-refractivity contribution in [3.05, 3.63) is 17.5 Å². The molecule has 3 N–H and O–H groups in total. The van der Waals surface area contributed by atoms with Gasteiger partial charge in [0.15, 0.2) is 0 Å². The molecule has 0 aliphatic carbocycles. The number of nitrogens with one attached hydrogen (secondary N) is 1. The number of nitrogens with two attached hydrogens (primary N) is 1. The number of rotatable bonds is 6. The number of hydrogen-bond donors (Lipinski definition) is 2. The Morgan fingerprint density at radius 1 is 1.69 bits per heavy atom. The van der Waals surface area contributed by atoms with Crippen molar-refractivity contribution in [1.82, 2.24) is 15.1 Å². The van der Waals surface area contributed by atoms with Gasteiger partial charge >= 0.3 is 0 Å². The minimum absolute atomic E-state index is 0.244. The van der Waals surface area contributed by atoms with E-state index in [1.165, 1.54) is 5.56 Å². The van der Waals surface area contributed by atoms with Gasteiger partial charge in [0, 0.05) is 31.3 Å². The summed E-state index contributed by atoms with van der Waals surface area (Å²) in [4.78, 5) is 10.6. The third-order valence-corrected chi connectivity index (χ3v) is 2.57. The molecule has 1 rings (SSSR count). The largest absolute Gasteiger partial charge is 0.370 e. The van der Waals surface area contributed by atoms with E-state index in [1.807, 2.05) is 24.9 Å². The fraction of sp³-hybridized carbons (Fsp3) is 0.636. The highest BCUT2D eigenvalue weighted by molar-refractivity contribution is 5.73. The van der Waals surface area contributed by atoms with Gasteiger partial charge in [-0.3, -0.25) is 9.48 Å². The number of nitrogens with zero attached hydrogens (tertiary/aromatic N) is 2. The van der Waals surface area contributed by atoms with Crippen molar-refractivity contribution < 1.29 is 4.79 Å². The number of primary amides is 1. The van der Waals surface area contributed by atoms with Crippen LogP contribution in [0.25, 0.3) is 0 Å². The Morgan fingerprint density at radius 3 is 2.88 bits per heavy atom. The second-order valence-electron chi connectivity index (χ2n) is 4.09. The SMILES string of the molecule is Cc1nn(C)cc1C(C)NCCCC(N)=O. The molecule has 1 atom stereocenters. The molecule has 0 aliphatic heterocycles. The van der Waals surface area contributed by atoms with Gasteiger partial charge in [0.25, 0.3) is 0 Å². The van der Waals surface area contributed by atoms with E-state index in [9.17, 15) is 4.79 Å². The lowest BCUT2D eigenvalue weighted by molar-refractivity contribution is -0.118. The van der Waals surface area contributed by atoms with Crippen LogP contribution in [0, 0.1) is 6.92 Å². The summed E-state index contributed by atoms with van der Waals surface area (Å²) in [6, 6.07) is 0.251. The van der Waals surface area contributed by atoms with Gasteiger partial charge < -0.3 is 11.1 Å². The van der Waals surface area contributed by atoms with E-state index in [0.717, 1.165) is 18.7 Å². The smallest absolute Gasteiger partial charge is 0.217 e. The number of carbonyl (C=O) groups excluding carboxylic acids is 1. The molecule has 1 unspecified atom stereocenters. The summed E-state index contributed by atoms with van der Waals surface area (Å²) in [5, 5.41) is 7.64. The van der Waals surface area contributed by atoms with Gasteiger partial charge in [0.2, 0.25) is 5.91 Å². The molecule has 0 saturated heterocycles. The van der Waals surface area contributed by atoms with Crippen molar-refractivity contribution >= 4 is 5.91 Å². The highest BCUT2D eigenvalue weighted by atomic mass is 16.1. The second-order valence-corrected chi connectivity index (χ2v) is 4.09. The highest BCUT2D eigenvalue weighted by Gasteiger charge is 2.10. The summed E-state index contributed by atoms with van der Waals surface area (Å²) in [6.45, 7) is 4.88. The van der Waals surface area contributed by atoms with Crippen LogP contribution < -0.4 is 11.1 Å². The summed E-state index contributed by atoms with van der Waals surface area (Å²) in [7, 11) is 1.91. The molecule has 5 heteroatoms. The maximum atomic E-state index is 10.6. The molecule has 16 heavy (non-hydrogen) atoms. The summed E-state index contributed by atoms with van der Waals surface area (Å²) in [5.41, 5.74) is 7.30. The highest BCUT2D eigenvalue weighted by Crippen LogP contribution is 2.15. The number of amides is 1. The molecule has 1 heterocycles. The molecule has 0 fully saturated rings. The van der Waals surface area contributed by atoms with Crippen LogP contribution in [0.15, 0.2) is 6.20 Å². The maximum Gasteiger partial charge on any atom is 0.217 e. The lowest BCUT2D eigenvalue weighted by Gasteiger charge is -2.12. The number of carbonyl (C=O) groups is 1. The monoisotopic (exact) mass is 224 g/mol. The molecular weight excluding hydrogens is 204 g/mol. The van der Waals surface area contributed by atoms with Crippen LogP contribution in [0.4, 0.5) is 0 Å². The average molecular weight is 224 g/mol. The van der Waals surface area contributed by atoms with Crippen molar-refractivity contribution in [2.24, 2.45) is 12.8 Å². The lowest BCUT2D eigenvalue weighted by atomic mass is 10.1. The maximum absolute atomic E-state index is 10.6. The zero-order chi connectivity index (χ0) is 12.1. The molecule has 0 aromatic carbocycles. The average Bonchev–Trinajstić information content (AvgIpc) is 2.52. The predicted octanol–water partition coefficient (Wildman–Crippen LogP) is 0.645. The normalized spacial score (nSPS) is 12.7. The Balaban J connectivity index is 2.38. The Bertz CT molecular complexity index is 359. The Labute approximate surface area is 96.0 Å². The second kappa shape index (κ2) is 5.65. The van der Waals surface area contributed by atoms with Gasteiger partial charge in [-0.2, -0.15) is 5.10 Å². The van der Waals surface area contributed by atoms with E-state index >= 15 is 0 Å². The van der Waals surface area contributed by atoms with Crippen LogP contribution >= 0.6 is 0 Å². The predicted molar refractivity (Wildman–Crippen MR) is 62.8 cm³/mol. The Kier molecular flexibility index (Phi) is 4.49. The summed E-state index contributed by atoms with van der Waals surface area (Å²) in [6.07, 6.45) is 3.23. The minimum atomic E-state index is -0.244. The summed E-state index contributed by atoms with van der Waals surface area (Å²) >= 11 is 0. The third kappa shape index (κ3) is 3.66. The number of aromatic nitrogens is 2. The molecule has 0 saturated carbocycles. The van der Waals surface area contributed by atoms with Crippen LogP contribution in [0.2, 0.25) is 0 Å². The van der Waals surface area contributed by atoms with E-state index in [4.69, 9.17) is 5.73 Å². The molecule has 1 aromatic rings. The minimum Gasteiger partial charge on any atom is -0.370 e. The van der Waals surface area contributed by atoms with Gasteiger partial charge in [-0.1, -0.05) is 0 Å². The van der Waals surface area contributed by atoms with E-state index in [1.54, 1.807) is 0 Å². The van der Waals surface area contributed by atoms with Gasteiger partial charge in [-0.15, -0.1) is 0 Å². The Morgan fingerprint density at radius 2 is 2.38 bits per heavy atom. The molecule has 0 spiro atoms. The van der Waals surface area contributed by atoms with Gasteiger partial charge in [-0.25, -0.2) is 0 Å². The van der Waals surface area contributed by atoms with E-state index in [-0.39, 0.29) is 11.9 Å². The summed E-state index contributed by atoms with van der Waals surface area (Å²) < 4.78 is 1.81. The van der Waals surface area contributed by atoms with Crippen LogP contribution in [-0.2, 0) is 11.8 Å². The lowest BCUT2D eigenvalue weighted by Crippen LogP contribution is -2.22. The molecular formula is C11H20N4O. The van der Waals surface area contributed by atoms with Gasteiger partial charge in [0.1, 0.15) is 0 Å². The molecule has 0 bridgehead atoms. The number of aryl methyl sites for hydroxylation is 2. The number of hydrogen-bond acceptors (Lipinski definition) is 3. The quantitative estimate of drug-likeness (QED) is 0.697.